The Morgan fingerprint density at radius 3 is 2.28 bits per heavy atom. The van der Waals surface area contributed by atoms with Crippen molar-refractivity contribution in [2.24, 2.45) is 0 Å². The number of carbonyl (C=O) groups excluding carboxylic acids is 3. The van der Waals surface area contributed by atoms with Gasteiger partial charge >= 0.3 is 12.1 Å². The number of aromatic amines is 1. The molecule has 1 aliphatic rings. The fourth-order valence-corrected chi connectivity index (χ4v) is 3.59. The number of hydrogen-bond acceptors (Lipinski definition) is 8. The molecular weight excluding hydrogens is 420 g/mol. The third kappa shape index (κ3) is 4.88. The molecule has 0 spiro atoms. The summed E-state index contributed by atoms with van der Waals surface area (Å²) in [7, 11) is 4.29. The number of hydrogen-bond donors (Lipinski definition) is 2. The maximum atomic E-state index is 12.8. The highest BCUT2D eigenvalue weighted by Gasteiger charge is 2.25. The van der Waals surface area contributed by atoms with Crippen molar-refractivity contribution < 1.29 is 33.3 Å². The first-order valence-electron chi connectivity index (χ1n) is 10.2. The van der Waals surface area contributed by atoms with Gasteiger partial charge in [0.2, 0.25) is 5.91 Å². The van der Waals surface area contributed by atoms with Crippen LogP contribution in [0.1, 0.15) is 17.4 Å². The first kappa shape index (κ1) is 23.2. The standard InChI is InChI=1S/C21H28N4O7/c1-5-32-21(28)25-8-6-24(7-9-25)12-17(26)23-18-13-10-15(29-2)16(30-3)11-14(13)22-19(18)20(27)31-4/h10-11,22H,5-9,12H2,1-4H3,(H,23,26). The van der Waals surface area contributed by atoms with Crippen molar-refractivity contribution in [3.05, 3.63) is 17.8 Å². The van der Waals surface area contributed by atoms with E-state index in [-0.39, 0.29) is 24.2 Å². The van der Waals surface area contributed by atoms with Gasteiger partial charge in [-0.3, -0.25) is 9.69 Å². The summed E-state index contributed by atoms with van der Waals surface area (Å²) in [5.74, 6) is 0.0314. The van der Waals surface area contributed by atoms with Crippen molar-refractivity contribution in [3.8, 4) is 11.5 Å². The summed E-state index contributed by atoms with van der Waals surface area (Å²) in [5, 5.41) is 3.41. The zero-order chi connectivity index (χ0) is 23.3. The van der Waals surface area contributed by atoms with Crippen LogP contribution in [0.5, 0.6) is 11.5 Å². The number of piperazine rings is 1. The van der Waals surface area contributed by atoms with E-state index in [1.165, 1.54) is 21.3 Å². The van der Waals surface area contributed by atoms with Crippen LogP contribution < -0.4 is 14.8 Å². The summed E-state index contributed by atoms with van der Waals surface area (Å²) in [6, 6.07) is 3.37. The molecule has 0 saturated carbocycles. The SMILES string of the molecule is CCOC(=O)N1CCN(CC(=O)Nc2c(C(=O)OC)[nH]c3cc(OC)c(OC)cc23)CC1. The average Bonchev–Trinajstić information content (AvgIpc) is 3.15. The molecule has 1 aromatic heterocycles. The second kappa shape index (κ2) is 10.2. The van der Waals surface area contributed by atoms with E-state index in [1.54, 1.807) is 24.0 Å². The van der Waals surface area contributed by atoms with Gasteiger partial charge in [0.15, 0.2) is 11.5 Å². The lowest BCUT2D eigenvalue weighted by Crippen LogP contribution is -2.50. The van der Waals surface area contributed by atoms with Crippen molar-refractivity contribution in [2.75, 3.05) is 66.0 Å². The molecule has 1 aliphatic heterocycles. The number of aromatic nitrogens is 1. The molecule has 0 unspecified atom stereocenters. The van der Waals surface area contributed by atoms with Crippen molar-refractivity contribution in [1.82, 2.24) is 14.8 Å². The number of H-pyrrole nitrogens is 1. The predicted molar refractivity (Wildman–Crippen MR) is 116 cm³/mol. The first-order valence-corrected chi connectivity index (χ1v) is 10.2. The number of esters is 1. The maximum absolute atomic E-state index is 12.8. The molecule has 1 saturated heterocycles. The smallest absolute Gasteiger partial charge is 0.409 e. The van der Waals surface area contributed by atoms with Gasteiger partial charge in [-0.1, -0.05) is 0 Å². The van der Waals surface area contributed by atoms with E-state index in [4.69, 9.17) is 18.9 Å². The lowest BCUT2D eigenvalue weighted by Gasteiger charge is -2.33. The van der Waals surface area contributed by atoms with Crippen LogP contribution in [0.25, 0.3) is 10.9 Å². The number of benzene rings is 1. The summed E-state index contributed by atoms with van der Waals surface area (Å²) < 4.78 is 20.5. The molecule has 3 rings (SSSR count). The Hall–Kier alpha value is -3.47. The monoisotopic (exact) mass is 448 g/mol. The summed E-state index contributed by atoms with van der Waals surface area (Å²) in [6.45, 7) is 4.22. The number of carbonyl (C=O) groups is 3. The first-order chi connectivity index (χ1) is 15.4. The van der Waals surface area contributed by atoms with Crippen LogP contribution in [0.15, 0.2) is 12.1 Å². The van der Waals surface area contributed by atoms with Crippen molar-refractivity contribution in [3.63, 3.8) is 0 Å². The van der Waals surface area contributed by atoms with E-state index in [2.05, 4.69) is 10.3 Å². The number of nitrogens with zero attached hydrogens (tertiary/aromatic N) is 2. The number of ether oxygens (including phenoxy) is 4. The van der Waals surface area contributed by atoms with Gasteiger partial charge < -0.3 is 34.1 Å². The number of fused-ring (bicyclic) bond motifs is 1. The molecule has 11 heteroatoms. The molecule has 2 N–H and O–H groups in total. The van der Waals surface area contributed by atoms with Crippen LogP contribution in [0.4, 0.5) is 10.5 Å². The van der Waals surface area contributed by atoms with Crippen molar-refractivity contribution >= 4 is 34.6 Å². The third-order valence-corrected chi connectivity index (χ3v) is 5.22. The maximum Gasteiger partial charge on any atom is 0.409 e. The Morgan fingerprint density at radius 2 is 1.69 bits per heavy atom. The molecule has 0 aliphatic carbocycles. The van der Waals surface area contributed by atoms with Gasteiger partial charge in [-0.2, -0.15) is 0 Å². The summed E-state index contributed by atoms with van der Waals surface area (Å²) in [4.78, 5) is 43.5. The molecule has 0 atom stereocenters. The number of anilines is 1. The second-order valence-electron chi connectivity index (χ2n) is 7.13. The minimum atomic E-state index is -0.613. The molecule has 2 heterocycles. The van der Waals surface area contributed by atoms with Crippen molar-refractivity contribution in [1.29, 1.82) is 0 Å². The highest BCUT2D eigenvalue weighted by molar-refractivity contribution is 6.11. The largest absolute Gasteiger partial charge is 0.493 e. The van der Waals surface area contributed by atoms with Gasteiger partial charge in [-0.05, 0) is 13.0 Å². The fourth-order valence-electron chi connectivity index (χ4n) is 3.59. The van der Waals surface area contributed by atoms with Crippen LogP contribution in [0.3, 0.4) is 0 Å². The molecule has 174 valence electrons. The minimum absolute atomic E-state index is 0.108. The van der Waals surface area contributed by atoms with E-state index in [0.29, 0.717) is 60.9 Å². The van der Waals surface area contributed by atoms with Crippen LogP contribution in [-0.4, -0.2) is 93.4 Å². The normalized spacial score (nSPS) is 14.2. The lowest BCUT2D eigenvalue weighted by atomic mass is 10.2. The second-order valence-corrected chi connectivity index (χ2v) is 7.13. The van der Waals surface area contributed by atoms with E-state index in [9.17, 15) is 14.4 Å². The van der Waals surface area contributed by atoms with Crippen LogP contribution >= 0.6 is 0 Å². The molecule has 32 heavy (non-hydrogen) atoms. The van der Waals surface area contributed by atoms with E-state index >= 15 is 0 Å². The molecule has 1 fully saturated rings. The lowest BCUT2D eigenvalue weighted by molar-refractivity contribution is -0.117. The molecule has 0 bridgehead atoms. The Morgan fingerprint density at radius 1 is 1.03 bits per heavy atom. The zero-order valence-electron chi connectivity index (χ0n) is 18.6. The fraction of sp³-hybridized carbons (Fsp3) is 0.476. The quantitative estimate of drug-likeness (QED) is 0.614. The molecule has 2 aromatic rings. The van der Waals surface area contributed by atoms with Gasteiger partial charge in [0.25, 0.3) is 0 Å². The van der Waals surface area contributed by atoms with Gasteiger partial charge in [0, 0.05) is 37.6 Å². The number of methoxy groups -OCH3 is 3. The topological polar surface area (TPSA) is 122 Å². The summed E-state index contributed by atoms with van der Waals surface area (Å²) in [5.41, 5.74) is 1.02. The summed E-state index contributed by atoms with van der Waals surface area (Å²) in [6.07, 6.45) is -0.345. The van der Waals surface area contributed by atoms with Crippen LogP contribution in [0, 0.1) is 0 Å². The van der Waals surface area contributed by atoms with Crippen LogP contribution in [-0.2, 0) is 14.3 Å². The van der Waals surface area contributed by atoms with Gasteiger partial charge in [-0.15, -0.1) is 0 Å². The minimum Gasteiger partial charge on any atom is -0.493 e. The molecule has 0 radical (unpaired) electrons. The van der Waals surface area contributed by atoms with E-state index in [1.807, 2.05) is 4.90 Å². The molecular formula is C21H28N4O7. The van der Waals surface area contributed by atoms with Crippen LogP contribution in [0.2, 0.25) is 0 Å². The number of rotatable bonds is 7. The zero-order valence-corrected chi connectivity index (χ0v) is 18.6. The highest BCUT2D eigenvalue weighted by Crippen LogP contribution is 2.37. The molecule has 2 amide bonds. The Balaban J connectivity index is 1.76. The summed E-state index contributed by atoms with van der Waals surface area (Å²) >= 11 is 0. The Bertz CT molecular complexity index is 996. The highest BCUT2D eigenvalue weighted by atomic mass is 16.6. The number of nitrogens with one attached hydrogen (secondary N) is 2. The molecule has 1 aromatic carbocycles. The van der Waals surface area contributed by atoms with Gasteiger partial charge in [-0.25, -0.2) is 9.59 Å². The van der Waals surface area contributed by atoms with Gasteiger partial charge in [0.05, 0.1) is 45.7 Å². The third-order valence-electron chi connectivity index (χ3n) is 5.22. The molecule has 11 nitrogen and oxygen atoms in total. The van der Waals surface area contributed by atoms with Gasteiger partial charge in [0.1, 0.15) is 5.69 Å². The number of amides is 2. The predicted octanol–water partition coefficient (Wildman–Crippen LogP) is 1.68. The van der Waals surface area contributed by atoms with Crippen molar-refractivity contribution in [2.45, 2.75) is 6.92 Å². The Kier molecular flexibility index (Phi) is 7.41. The Labute approximate surface area is 185 Å². The van der Waals surface area contributed by atoms with E-state index in [0.717, 1.165) is 0 Å². The van der Waals surface area contributed by atoms with E-state index < -0.39 is 5.97 Å². The average molecular weight is 448 g/mol.